The third-order valence-corrected chi connectivity index (χ3v) is 3.77. The maximum atomic E-state index is 9.52. The van der Waals surface area contributed by atoms with Crippen LogP contribution in [0.4, 0.5) is 0 Å². The molecule has 0 aromatic heterocycles. The van der Waals surface area contributed by atoms with Gasteiger partial charge in [0.1, 0.15) is 5.75 Å². The number of benzene rings is 2. The van der Waals surface area contributed by atoms with Crippen LogP contribution in [0.1, 0.15) is 11.5 Å². The zero-order chi connectivity index (χ0) is 14.5. The van der Waals surface area contributed by atoms with E-state index in [4.69, 9.17) is 39.5 Å². The van der Waals surface area contributed by atoms with Crippen LogP contribution in [0.5, 0.6) is 5.75 Å². The van der Waals surface area contributed by atoms with E-state index < -0.39 is 0 Å². The van der Waals surface area contributed by atoms with Crippen LogP contribution in [0, 0.1) is 0 Å². The standard InChI is InChI=1S/C15H13Cl3O2/c16-11-5-6-12(14(18)7-11)10(8-19)9-20-15-4-2-1-3-13(15)17/h1-7,10,19H,8-9H2/t10-/m1/s1. The van der Waals surface area contributed by atoms with Crippen LogP contribution in [-0.2, 0) is 0 Å². The summed E-state index contributed by atoms with van der Waals surface area (Å²) < 4.78 is 5.65. The van der Waals surface area contributed by atoms with Gasteiger partial charge in [0.15, 0.2) is 0 Å². The number of rotatable bonds is 5. The summed E-state index contributed by atoms with van der Waals surface area (Å²) in [6, 6.07) is 12.4. The van der Waals surface area contributed by atoms with Gasteiger partial charge in [0.05, 0.1) is 18.2 Å². The summed E-state index contributed by atoms with van der Waals surface area (Å²) in [5, 5.41) is 11.1. The van der Waals surface area contributed by atoms with Gasteiger partial charge in [-0.25, -0.2) is 0 Å². The van der Waals surface area contributed by atoms with Gasteiger partial charge in [-0.15, -0.1) is 0 Å². The van der Waals surface area contributed by atoms with Crippen molar-refractivity contribution in [1.82, 2.24) is 0 Å². The van der Waals surface area contributed by atoms with Crippen molar-refractivity contribution in [2.45, 2.75) is 5.92 Å². The molecule has 0 aliphatic rings. The zero-order valence-electron chi connectivity index (χ0n) is 10.5. The summed E-state index contributed by atoms with van der Waals surface area (Å²) in [5.41, 5.74) is 0.797. The van der Waals surface area contributed by atoms with Crippen molar-refractivity contribution in [2.24, 2.45) is 0 Å². The minimum absolute atomic E-state index is 0.0776. The number of ether oxygens (including phenoxy) is 1. The average molecular weight is 332 g/mol. The van der Waals surface area contributed by atoms with Gasteiger partial charge in [-0.05, 0) is 29.8 Å². The Bertz CT molecular complexity index is 587. The summed E-state index contributed by atoms with van der Waals surface area (Å²) in [7, 11) is 0. The summed E-state index contributed by atoms with van der Waals surface area (Å²) in [6.07, 6.45) is 0. The maximum absolute atomic E-state index is 9.52. The molecule has 0 saturated heterocycles. The van der Waals surface area contributed by atoms with Crippen LogP contribution in [0.2, 0.25) is 15.1 Å². The normalized spacial score (nSPS) is 12.2. The van der Waals surface area contributed by atoms with Gasteiger partial charge in [-0.1, -0.05) is 53.0 Å². The second-order valence-electron chi connectivity index (χ2n) is 4.29. The van der Waals surface area contributed by atoms with Crippen molar-refractivity contribution in [1.29, 1.82) is 0 Å². The first-order valence-electron chi connectivity index (χ1n) is 6.05. The second kappa shape index (κ2) is 7.19. The van der Waals surface area contributed by atoms with E-state index in [0.29, 0.717) is 20.8 Å². The topological polar surface area (TPSA) is 29.5 Å². The molecule has 20 heavy (non-hydrogen) atoms. The quantitative estimate of drug-likeness (QED) is 0.852. The van der Waals surface area contributed by atoms with Gasteiger partial charge < -0.3 is 9.84 Å². The highest BCUT2D eigenvalue weighted by atomic mass is 35.5. The van der Waals surface area contributed by atoms with Crippen LogP contribution in [0.3, 0.4) is 0 Å². The van der Waals surface area contributed by atoms with Crippen molar-refractivity contribution in [2.75, 3.05) is 13.2 Å². The van der Waals surface area contributed by atoms with E-state index in [1.165, 1.54) is 0 Å². The zero-order valence-corrected chi connectivity index (χ0v) is 12.8. The third-order valence-electron chi connectivity index (χ3n) is 2.90. The van der Waals surface area contributed by atoms with E-state index in [9.17, 15) is 5.11 Å². The lowest BCUT2D eigenvalue weighted by Crippen LogP contribution is -2.14. The molecule has 0 radical (unpaired) electrons. The molecular weight excluding hydrogens is 319 g/mol. The van der Waals surface area contributed by atoms with E-state index in [-0.39, 0.29) is 19.1 Å². The molecule has 2 aromatic rings. The van der Waals surface area contributed by atoms with Gasteiger partial charge >= 0.3 is 0 Å². The number of halogens is 3. The molecule has 2 rings (SSSR count). The number of para-hydroxylation sites is 1. The lowest BCUT2D eigenvalue weighted by molar-refractivity contribution is 0.205. The molecule has 106 valence electrons. The van der Waals surface area contributed by atoms with Crippen molar-refractivity contribution in [3.63, 3.8) is 0 Å². The van der Waals surface area contributed by atoms with E-state index >= 15 is 0 Å². The first kappa shape index (κ1) is 15.5. The van der Waals surface area contributed by atoms with Crippen molar-refractivity contribution in [3.05, 3.63) is 63.1 Å². The Balaban J connectivity index is 2.11. The molecule has 2 aromatic carbocycles. The Morgan fingerprint density at radius 2 is 1.75 bits per heavy atom. The van der Waals surface area contributed by atoms with E-state index in [0.717, 1.165) is 5.56 Å². The van der Waals surface area contributed by atoms with E-state index in [1.54, 1.807) is 30.3 Å². The number of hydrogen-bond acceptors (Lipinski definition) is 2. The fourth-order valence-corrected chi connectivity index (χ4v) is 2.58. The predicted octanol–water partition coefficient (Wildman–Crippen LogP) is 4.80. The Morgan fingerprint density at radius 3 is 2.40 bits per heavy atom. The lowest BCUT2D eigenvalue weighted by Gasteiger charge is -2.17. The summed E-state index contributed by atoms with van der Waals surface area (Å²) in [4.78, 5) is 0. The van der Waals surface area contributed by atoms with Crippen LogP contribution >= 0.6 is 34.8 Å². The van der Waals surface area contributed by atoms with Gasteiger partial charge in [0.2, 0.25) is 0 Å². The molecule has 0 spiro atoms. The van der Waals surface area contributed by atoms with Crippen LogP contribution in [0.15, 0.2) is 42.5 Å². The number of aliphatic hydroxyl groups is 1. The van der Waals surface area contributed by atoms with Crippen molar-refractivity contribution in [3.8, 4) is 5.75 Å². The summed E-state index contributed by atoms with van der Waals surface area (Å²) >= 11 is 18.0. The summed E-state index contributed by atoms with van der Waals surface area (Å²) in [6.45, 7) is 0.202. The molecule has 1 N–H and O–H groups in total. The van der Waals surface area contributed by atoms with Gasteiger partial charge in [0, 0.05) is 16.0 Å². The minimum atomic E-state index is -0.240. The average Bonchev–Trinajstić information content (AvgIpc) is 2.43. The highest BCUT2D eigenvalue weighted by molar-refractivity contribution is 6.35. The van der Waals surface area contributed by atoms with Crippen molar-refractivity contribution < 1.29 is 9.84 Å². The van der Waals surface area contributed by atoms with Crippen LogP contribution in [0.25, 0.3) is 0 Å². The van der Waals surface area contributed by atoms with E-state index in [1.807, 2.05) is 12.1 Å². The van der Waals surface area contributed by atoms with Gasteiger partial charge in [0.25, 0.3) is 0 Å². The monoisotopic (exact) mass is 330 g/mol. The number of hydrogen-bond donors (Lipinski definition) is 1. The van der Waals surface area contributed by atoms with Crippen LogP contribution < -0.4 is 4.74 Å². The molecule has 0 heterocycles. The molecule has 0 bridgehead atoms. The first-order chi connectivity index (χ1) is 9.61. The first-order valence-corrected chi connectivity index (χ1v) is 7.18. The molecule has 1 atom stereocenters. The second-order valence-corrected chi connectivity index (χ2v) is 5.54. The number of aliphatic hydroxyl groups excluding tert-OH is 1. The highest BCUT2D eigenvalue weighted by Gasteiger charge is 2.16. The molecular formula is C15H13Cl3O2. The highest BCUT2D eigenvalue weighted by Crippen LogP contribution is 2.29. The molecule has 0 fully saturated rings. The fourth-order valence-electron chi connectivity index (χ4n) is 1.83. The molecule has 0 aliphatic carbocycles. The van der Waals surface area contributed by atoms with Gasteiger partial charge in [-0.3, -0.25) is 0 Å². The molecule has 0 unspecified atom stereocenters. The maximum Gasteiger partial charge on any atom is 0.137 e. The predicted molar refractivity (Wildman–Crippen MR) is 83.2 cm³/mol. The lowest BCUT2D eigenvalue weighted by atomic mass is 10.0. The third kappa shape index (κ3) is 3.80. The Labute approximate surface area is 132 Å². The van der Waals surface area contributed by atoms with Crippen LogP contribution in [-0.4, -0.2) is 18.3 Å². The van der Waals surface area contributed by atoms with Crippen molar-refractivity contribution >= 4 is 34.8 Å². The smallest absolute Gasteiger partial charge is 0.137 e. The largest absolute Gasteiger partial charge is 0.491 e. The Morgan fingerprint density at radius 1 is 1.00 bits per heavy atom. The van der Waals surface area contributed by atoms with Gasteiger partial charge in [-0.2, -0.15) is 0 Å². The molecule has 5 heteroatoms. The molecule has 2 nitrogen and oxygen atoms in total. The minimum Gasteiger partial charge on any atom is -0.491 e. The molecule has 0 saturated carbocycles. The SMILES string of the molecule is OC[C@H](COc1ccccc1Cl)c1ccc(Cl)cc1Cl. The summed E-state index contributed by atoms with van der Waals surface area (Å²) in [5.74, 6) is 0.341. The Kier molecular flexibility index (Phi) is 5.55. The Hall–Kier alpha value is -0.930. The molecule has 0 amide bonds. The molecule has 0 aliphatic heterocycles. The van der Waals surface area contributed by atoms with E-state index in [2.05, 4.69) is 0 Å². The fraction of sp³-hybridized carbons (Fsp3) is 0.200.